The lowest BCUT2D eigenvalue weighted by molar-refractivity contribution is 0.151. The third-order valence-electron chi connectivity index (χ3n) is 7.31. The largest absolute Gasteiger partial charge is 0.303 e. The molecule has 0 aliphatic carbocycles. The number of thiophene rings is 1. The fourth-order valence-corrected chi connectivity index (χ4v) is 6.69. The molecule has 170 valence electrons. The van der Waals surface area contributed by atoms with Gasteiger partial charge in [0.15, 0.2) is 0 Å². The molecule has 0 spiro atoms. The third-order valence-corrected chi connectivity index (χ3v) is 8.60. The van der Waals surface area contributed by atoms with E-state index in [1.54, 1.807) is 0 Å². The van der Waals surface area contributed by atoms with Crippen molar-refractivity contribution < 1.29 is 0 Å². The highest BCUT2D eigenvalue weighted by Crippen LogP contribution is 2.36. The van der Waals surface area contributed by atoms with Crippen LogP contribution in [0.15, 0.2) is 35.0 Å². The Morgan fingerprint density at radius 1 is 1.03 bits per heavy atom. The summed E-state index contributed by atoms with van der Waals surface area (Å²) in [7, 11) is 0. The van der Waals surface area contributed by atoms with Crippen LogP contribution in [0, 0.1) is 11.8 Å². The fourth-order valence-electron chi connectivity index (χ4n) is 5.50. The van der Waals surface area contributed by atoms with Crippen molar-refractivity contribution >= 4 is 34.5 Å². The summed E-state index contributed by atoms with van der Waals surface area (Å²) in [5.41, 5.74) is 2.71. The summed E-state index contributed by atoms with van der Waals surface area (Å²) in [5.74, 6) is 2.28. The van der Waals surface area contributed by atoms with Crippen LogP contribution in [0.1, 0.15) is 62.5 Å². The number of nitrogens with zero attached hydrogens (tertiary/aromatic N) is 2. The molecule has 2 atom stereocenters. The second-order valence-corrected chi connectivity index (χ2v) is 11.2. The topological polar surface area (TPSA) is 6.48 Å². The minimum atomic E-state index is 0.625. The van der Waals surface area contributed by atoms with E-state index >= 15 is 0 Å². The third kappa shape index (κ3) is 6.48. The molecule has 2 nitrogen and oxygen atoms in total. The van der Waals surface area contributed by atoms with Crippen molar-refractivity contribution in [3.63, 3.8) is 0 Å². The van der Waals surface area contributed by atoms with Gasteiger partial charge in [0.1, 0.15) is 0 Å². The van der Waals surface area contributed by atoms with Gasteiger partial charge in [-0.3, -0.25) is 4.90 Å². The van der Waals surface area contributed by atoms with E-state index in [2.05, 4.69) is 39.6 Å². The zero-order chi connectivity index (χ0) is 21.6. The highest BCUT2D eigenvalue weighted by atomic mass is 35.5. The molecule has 2 saturated heterocycles. The summed E-state index contributed by atoms with van der Waals surface area (Å²) in [5, 5.41) is 6.08. The first-order valence-corrected chi connectivity index (χ1v) is 13.7. The molecule has 2 aliphatic rings. The molecule has 1 unspecified atom stereocenters. The summed E-state index contributed by atoms with van der Waals surface area (Å²) in [6.45, 7) is 9.28. The van der Waals surface area contributed by atoms with Crippen molar-refractivity contribution in [2.24, 2.45) is 11.8 Å². The Bertz CT molecular complexity index is 802. The molecular weight excluding hydrogens is 443 g/mol. The fraction of sp³-hybridized carbons (Fsp3) is 0.615. The molecule has 2 fully saturated rings. The number of likely N-dealkylation sites (tertiary alicyclic amines) is 2. The Balaban J connectivity index is 1.35. The Kier molecular flexibility index (Phi) is 8.76. The van der Waals surface area contributed by atoms with Crippen molar-refractivity contribution in [1.29, 1.82) is 0 Å². The van der Waals surface area contributed by atoms with Gasteiger partial charge in [-0.1, -0.05) is 61.9 Å². The maximum atomic E-state index is 6.48. The number of hydrogen-bond acceptors (Lipinski definition) is 3. The van der Waals surface area contributed by atoms with E-state index < -0.39 is 0 Å². The Labute approximate surface area is 202 Å². The maximum absolute atomic E-state index is 6.48. The maximum Gasteiger partial charge on any atom is 0.0465 e. The molecular formula is C26H36Cl2N2S. The monoisotopic (exact) mass is 478 g/mol. The van der Waals surface area contributed by atoms with E-state index in [0.717, 1.165) is 30.6 Å². The number of piperidine rings is 1. The van der Waals surface area contributed by atoms with Crippen molar-refractivity contribution in [3.8, 4) is 0 Å². The van der Waals surface area contributed by atoms with Gasteiger partial charge in [-0.2, -0.15) is 11.3 Å². The summed E-state index contributed by atoms with van der Waals surface area (Å²) >= 11 is 14.4. The van der Waals surface area contributed by atoms with E-state index in [1.807, 2.05) is 23.5 Å². The van der Waals surface area contributed by atoms with E-state index in [0.29, 0.717) is 16.9 Å². The highest BCUT2D eigenvalue weighted by Gasteiger charge is 2.35. The van der Waals surface area contributed by atoms with Crippen LogP contribution in [-0.4, -0.2) is 42.5 Å². The molecule has 0 bridgehead atoms. The summed E-state index contributed by atoms with van der Waals surface area (Å²) in [6, 6.07) is 8.24. The van der Waals surface area contributed by atoms with Crippen LogP contribution in [-0.2, 0) is 6.54 Å². The summed E-state index contributed by atoms with van der Waals surface area (Å²) in [6.07, 6.45) is 8.39. The van der Waals surface area contributed by atoms with Crippen LogP contribution in [0.5, 0.6) is 0 Å². The van der Waals surface area contributed by atoms with Gasteiger partial charge in [-0.25, -0.2) is 0 Å². The van der Waals surface area contributed by atoms with Gasteiger partial charge in [0.05, 0.1) is 0 Å². The number of halogens is 2. The Morgan fingerprint density at radius 2 is 1.87 bits per heavy atom. The van der Waals surface area contributed by atoms with E-state index in [4.69, 9.17) is 23.2 Å². The van der Waals surface area contributed by atoms with Crippen molar-refractivity contribution in [1.82, 2.24) is 9.80 Å². The molecule has 2 aliphatic heterocycles. The van der Waals surface area contributed by atoms with Crippen LogP contribution in [0.4, 0.5) is 0 Å². The quantitative estimate of drug-likeness (QED) is 0.342. The lowest BCUT2D eigenvalue weighted by atomic mass is 9.88. The molecule has 0 amide bonds. The van der Waals surface area contributed by atoms with Gasteiger partial charge in [0.25, 0.3) is 0 Å². The second kappa shape index (κ2) is 11.5. The van der Waals surface area contributed by atoms with Crippen LogP contribution in [0.3, 0.4) is 0 Å². The number of rotatable bonds is 9. The van der Waals surface area contributed by atoms with Crippen LogP contribution in [0.25, 0.3) is 0 Å². The van der Waals surface area contributed by atoms with Gasteiger partial charge in [-0.15, -0.1) is 0 Å². The average Bonchev–Trinajstić information content (AvgIpc) is 3.42. The lowest BCUT2D eigenvalue weighted by Gasteiger charge is -2.34. The first kappa shape index (κ1) is 23.6. The van der Waals surface area contributed by atoms with Crippen molar-refractivity contribution in [2.45, 2.75) is 57.9 Å². The van der Waals surface area contributed by atoms with Gasteiger partial charge in [-0.05, 0) is 77.9 Å². The predicted octanol–water partition coefficient (Wildman–Crippen LogP) is 7.56. The zero-order valence-corrected chi connectivity index (χ0v) is 21.1. The summed E-state index contributed by atoms with van der Waals surface area (Å²) in [4.78, 5) is 5.35. The lowest BCUT2D eigenvalue weighted by Crippen LogP contribution is -2.38. The Morgan fingerprint density at radius 3 is 2.58 bits per heavy atom. The normalized spacial score (nSPS) is 23.6. The minimum absolute atomic E-state index is 0.625. The van der Waals surface area contributed by atoms with Gasteiger partial charge < -0.3 is 4.90 Å². The Hall–Kier alpha value is -0.580. The molecule has 2 aromatic rings. The van der Waals surface area contributed by atoms with Gasteiger partial charge in [0.2, 0.25) is 0 Å². The average molecular weight is 480 g/mol. The van der Waals surface area contributed by atoms with Crippen LogP contribution < -0.4 is 0 Å². The molecule has 1 aromatic heterocycles. The first-order valence-electron chi connectivity index (χ1n) is 12.0. The zero-order valence-electron chi connectivity index (χ0n) is 18.7. The predicted molar refractivity (Wildman–Crippen MR) is 136 cm³/mol. The number of hydrogen-bond donors (Lipinski definition) is 0. The molecule has 31 heavy (non-hydrogen) atoms. The first-order chi connectivity index (χ1) is 15.1. The van der Waals surface area contributed by atoms with E-state index in [-0.39, 0.29) is 0 Å². The van der Waals surface area contributed by atoms with Crippen LogP contribution in [0.2, 0.25) is 10.0 Å². The number of unbranched alkanes of at least 4 members (excludes halogenated alkanes) is 2. The standard InChI is InChI=1S/C26H36Cl2N2S/c1-2-3-4-5-20-8-11-29(12-9-20)16-23-17-30(18-25(23)22-10-13-31-19-22)15-21-6-7-24(27)14-26(21)28/h6-7,10,13-14,19-20,23,25H,2-5,8-9,11-12,15-18H2,1H3/t23?,25-/m1/s1. The molecule has 5 heteroatoms. The molecule has 1 aromatic carbocycles. The van der Waals surface area contributed by atoms with Gasteiger partial charge in [0, 0.05) is 42.1 Å². The van der Waals surface area contributed by atoms with Crippen molar-refractivity contribution in [2.75, 3.05) is 32.7 Å². The second-order valence-electron chi connectivity index (χ2n) is 9.59. The molecule has 0 saturated carbocycles. The molecule has 4 rings (SSSR count). The summed E-state index contributed by atoms with van der Waals surface area (Å²) < 4.78 is 0. The van der Waals surface area contributed by atoms with E-state index in [9.17, 15) is 0 Å². The minimum Gasteiger partial charge on any atom is -0.303 e. The molecule has 3 heterocycles. The SMILES string of the molecule is CCCCCC1CCN(CC2CN(Cc3ccc(Cl)cc3Cl)C[C@@H]2c2ccsc2)CC1. The molecule has 0 N–H and O–H groups in total. The number of benzene rings is 1. The van der Waals surface area contributed by atoms with Crippen molar-refractivity contribution in [3.05, 3.63) is 56.2 Å². The van der Waals surface area contributed by atoms with Crippen LogP contribution >= 0.6 is 34.5 Å². The van der Waals surface area contributed by atoms with Gasteiger partial charge >= 0.3 is 0 Å². The van der Waals surface area contributed by atoms with E-state index in [1.165, 1.54) is 69.3 Å². The smallest absolute Gasteiger partial charge is 0.0465 e. The molecule has 0 radical (unpaired) electrons. The highest BCUT2D eigenvalue weighted by molar-refractivity contribution is 7.08.